The number of carbonyl (C=O) groups is 1. The van der Waals surface area contributed by atoms with E-state index < -0.39 is 0 Å². The maximum atomic E-state index is 11.6. The van der Waals surface area contributed by atoms with Crippen molar-refractivity contribution < 1.29 is 19.4 Å². The Morgan fingerprint density at radius 1 is 1.18 bits per heavy atom. The third kappa shape index (κ3) is 7.16. The van der Waals surface area contributed by atoms with Gasteiger partial charge >= 0.3 is 5.97 Å². The zero-order valence-electron chi connectivity index (χ0n) is 13.5. The maximum absolute atomic E-state index is 11.6. The van der Waals surface area contributed by atoms with Crippen molar-refractivity contribution in [1.82, 2.24) is 0 Å². The summed E-state index contributed by atoms with van der Waals surface area (Å²) in [4.78, 5) is 11.6. The third-order valence-electron chi connectivity index (χ3n) is 3.36. The molecule has 0 bridgehead atoms. The van der Waals surface area contributed by atoms with Crippen LogP contribution in [0.4, 0.5) is 0 Å². The zero-order valence-corrected chi connectivity index (χ0v) is 13.5. The minimum atomic E-state index is -0.358. The molecule has 0 spiro atoms. The standard InChI is InChI=1S/C18H26O4/c1-3-4-5-6-7-8-13-22-18(20)12-10-15-9-11-17(21-2)16(19)14-15/h9-12,14,19H,3-8,13H2,1-2H3/b12-10+. The predicted molar refractivity (Wildman–Crippen MR) is 88.0 cm³/mol. The molecule has 4 heteroatoms. The maximum Gasteiger partial charge on any atom is 0.330 e. The zero-order chi connectivity index (χ0) is 16.2. The van der Waals surface area contributed by atoms with Gasteiger partial charge in [-0.3, -0.25) is 0 Å². The second-order valence-corrected chi connectivity index (χ2v) is 5.20. The summed E-state index contributed by atoms with van der Waals surface area (Å²) < 4.78 is 10.1. The molecule has 0 aromatic heterocycles. The number of hydrogen-bond donors (Lipinski definition) is 1. The van der Waals surface area contributed by atoms with E-state index in [-0.39, 0.29) is 11.7 Å². The van der Waals surface area contributed by atoms with E-state index in [1.165, 1.54) is 44.9 Å². The highest BCUT2D eigenvalue weighted by Crippen LogP contribution is 2.26. The van der Waals surface area contributed by atoms with Crippen molar-refractivity contribution in [1.29, 1.82) is 0 Å². The van der Waals surface area contributed by atoms with Crippen LogP contribution in [0.15, 0.2) is 24.3 Å². The first-order chi connectivity index (χ1) is 10.7. The van der Waals surface area contributed by atoms with Gasteiger partial charge in [0.1, 0.15) is 0 Å². The first-order valence-corrected chi connectivity index (χ1v) is 7.89. The first kappa shape index (κ1) is 18.1. The van der Waals surface area contributed by atoms with Gasteiger partial charge < -0.3 is 14.6 Å². The number of carbonyl (C=O) groups excluding carboxylic acids is 1. The molecular weight excluding hydrogens is 280 g/mol. The smallest absolute Gasteiger partial charge is 0.330 e. The lowest BCUT2D eigenvalue weighted by Crippen LogP contribution is -2.02. The molecule has 0 aliphatic heterocycles. The Kier molecular flexibility index (Phi) is 8.80. The van der Waals surface area contributed by atoms with Crippen LogP contribution in [-0.4, -0.2) is 24.8 Å². The average molecular weight is 306 g/mol. The summed E-state index contributed by atoms with van der Waals surface area (Å²) in [6.07, 6.45) is 9.96. The average Bonchev–Trinajstić information content (AvgIpc) is 2.52. The van der Waals surface area contributed by atoms with Crippen LogP contribution in [0.2, 0.25) is 0 Å². The molecule has 0 aliphatic rings. The Labute approximate surface area is 132 Å². The van der Waals surface area contributed by atoms with Gasteiger partial charge in [0.2, 0.25) is 0 Å². The van der Waals surface area contributed by atoms with Crippen LogP contribution in [0.1, 0.15) is 51.0 Å². The number of aromatic hydroxyl groups is 1. The van der Waals surface area contributed by atoms with Crippen molar-refractivity contribution >= 4 is 12.0 Å². The first-order valence-electron chi connectivity index (χ1n) is 7.89. The van der Waals surface area contributed by atoms with Crippen molar-refractivity contribution in [3.05, 3.63) is 29.8 Å². The molecule has 122 valence electrons. The molecule has 0 amide bonds. The van der Waals surface area contributed by atoms with Crippen molar-refractivity contribution in [3.8, 4) is 11.5 Å². The van der Waals surface area contributed by atoms with Crippen LogP contribution in [0, 0.1) is 0 Å². The highest BCUT2D eigenvalue weighted by molar-refractivity contribution is 5.87. The van der Waals surface area contributed by atoms with E-state index in [4.69, 9.17) is 9.47 Å². The number of rotatable bonds is 10. The minimum Gasteiger partial charge on any atom is -0.504 e. The Morgan fingerprint density at radius 2 is 1.91 bits per heavy atom. The van der Waals surface area contributed by atoms with Crippen LogP contribution in [0.5, 0.6) is 11.5 Å². The number of phenols is 1. The third-order valence-corrected chi connectivity index (χ3v) is 3.36. The lowest BCUT2D eigenvalue weighted by Gasteiger charge is -2.04. The number of phenolic OH excluding ortho intramolecular Hbond substituents is 1. The molecule has 4 nitrogen and oxygen atoms in total. The normalized spacial score (nSPS) is 10.8. The molecule has 1 aromatic carbocycles. The molecule has 0 unspecified atom stereocenters. The summed E-state index contributed by atoms with van der Waals surface area (Å²) in [7, 11) is 1.49. The van der Waals surface area contributed by atoms with Crippen molar-refractivity contribution in [2.75, 3.05) is 13.7 Å². The van der Waals surface area contributed by atoms with E-state index in [0.29, 0.717) is 12.4 Å². The lowest BCUT2D eigenvalue weighted by atomic mass is 10.1. The van der Waals surface area contributed by atoms with Gasteiger partial charge in [-0.2, -0.15) is 0 Å². The fourth-order valence-corrected chi connectivity index (χ4v) is 2.08. The fraction of sp³-hybridized carbons (Fsp3) is 0.500. The van der Waals surface area contributed by atoms with Gasteiger partial charge in [0.25, 0.3) is 0 Å². The second kappa shape index (κ2) is 10.7. The van der Waals surface area contributed by atoms with Gasteiger partial charge in [-0.25, -0.2) is 4.79 Å². The predicted octanol–water partition coefficient (Wildman–Crippen LogP) is 4.32. The van der Waals surface area contributed by atoms with E-state index in [1.807, 2.05) is 0 Å². The molecule has 1 N–H and O–H groups in total. The van der Waals surface area contributed by atoms with Crippen molar-refractivity contribution in [2.24, 2.45) is 0 Å². The van der Waals surface area contributed by atoms with Gasteiger partial charge in [-0.1, -0.05) is 45.1 Å². The molecule has 0 fully saturated rings. The molecule has 0 saturated carbocycles. The van der Waals surface area contributed by atoms with Crippen LogP contribution in [0.3, 0.4) is 0 Å². The van der Waals surface area contributed by atoms with E-state index in [1.54, 1.807) is 18.2 Å². The van der Waals surface area contributed by atoms with Gasteiger partial charge in [0.15, 0.2) is 11.5 Å². The molecule has 0 radical (unpaired) electrons. The molecule has 0 atom stereocenters. The molecule has 0 aliphatic carbocycles. The second-order valence-electron chi connectivity index (χ2n) is 5.20. The highest BCUT2D eigenvalue weighted by atomic mass is 16.5. The lowest BCUT2D eigenvalue weighted by molar-refractivity contribution is -0.137. The van der Waals surface area contributed by atoms with Gasteiger partial charge in [0.05, 0.1) is 13.7 Å². The Hall–Kier alpha value is -1.97. The van der Waals surface area contributed by atoms with Crippen molar-refractivity contribution in [3.63, 3.8) is 0 Å². The van der Waals surface area contributed by atoms with Crippen LogP contribution < -0.4 is 4.74 Å². The summed E-state index contributed by atoms with van der Waals surface area (Å²) in [6, 6.07) is 4.95. The highest BCUT2D eigenvalue weighted by Gasteiger charge is 2.01. The van der Waals surface area contributed by atoms with E-state index in [0.717, 1.165) is 18.4 Å². The van der Waals surface area contributed by atoms with Gasteiger partial charge in [-0.15, -0.1) is 0 Å². The molecule has 0 heterocycles. The minimum absolute atomic E-state index is 0.0464. The summed E-state index contributed by atoms with van der Waals surface area (Å²) >= 11 is 0. The van der Waals surface area contributed by atoms with Crippen LogP contribution in [0.25, 0.3) is 6.08 Å². The van der Waals surface area contributed by atoms with Crippen molar-refractivity contribution in [2.45, 2.75) is 45.4 Å². The Bertz CT molecular complexity index is 480. The summed E-state index contributed by atoms with van der Waals surface area (Å²) in [5, 5.41) is 9.64. The van der Waals surface area contributed by atoms with E-state index in [9.17, 15) is 9.90 Å². The summed E-state index contributed by atoms with van der Waals surface area (Å²) in [6.45, 7) is 2.65. The Morgan fingerprint density at radius 3 is 2.59 bits per heavy atom. The van der Waals surface area contributed by atoms with Crippen LogP contribution >= 0.6 is 0 Å². The molecular formula is C18H26O4. The Balaban J connectivity index is 2.25. The number of hydrogen-bond acceptors (Lipinski definition) is 4. The SMILES string of the molecule is CCCCCCCCOC(=O)/C=C/c1ccc(OC)c(O)c1. The molecule has 0 saturated heterocycles. The fourth-order valence-electron chi connectivity index (χ4n) is 2.08. The quantitative estimate of drug-likeness (QED) is 0.397. The van der Waals surface area contributed by atoms with Crippen LogP contribution in [-0.2, 0) is 9.53 Å². The summed E-state index contributed by atoms with van der Waals surface area (Å²) in [5.74, 6) is 0.0942. The number of unbranched alkanes of at least 4 members (excludes halogenated alkanes) is 5. The molecule has 1 rings (SSSR count). The topological polar surface area (TPSA) is 55.8 Å². The monoisotopic (exact) mass is 306 g/mol. The molecule has 22 heavy (non-hydrogen) atoms. The number of ether oxygens (including phenoxy) is 2. The van der Waals surface area contributed by atoms with Gasteiger partial charge in [-0.05, 0) is 30.2 Å². The van der Waals surface area contributed by atoms with E-state index >= 15 is 0 Å². The largest absolute Gasteiger partial charge is 0.504 e. The molecule has 1 aromatic rings. The number of methoxy groups -OCH3 is 1. The summed E-state index contributed by atoms with van der Waals surface area (Å²) in [5.41, 5.74) is 0.717. The van der Waals surface area contributed by atoms with E-state index in [2.05, 4.69) is 6.92 Å². The number of benzene rings is 1. The number of esters is 1. The van der Waals surface area contributed by atoms with Gasteiger partial charge in [0, 0.05) is 6.08 Å².